The van der Waals surface area contributed by atoms with Crippen LogP contribution in [0.3, 0.4) is 0 Å². The molecule has 0 saturated carbocycles. The minimum atomic E-state index is -0.112. The summed E-state index contributed by atoms with van der Waals surface area (Å²) in [5.41, 5.74) is 1.21. The molecule has 0 radical (unpaired) electrons. The average molecular weight is 315 g/mol. The molecule has 2 aromatic heterocycles. The van der Waals surface area contributed by atoms with Crippen molar-refractivity contribution in [3.05, 3.63) is 46.1 Å². The van der Waals surface area contributed by atoms with Crippen LogP contribution in [0.1, 0.15) is 37.0 Å². The average Bonchev–Trinajstić information content (AvgIpc) is 2.93. The van der Waals surface area contributed by atoms with Gasteiger partial charge in [0.15, 0.2) is 0 Å². The summed E-state index contributed by atoms with van der Waals surface area (Å²) in [5, 5.41) is 11.1. The molecule has 1 N–H and O–H groups in total. The lowest BCUT2D eigenvalue weighted by Gasteiger charge is -2.38. The first kappa shape index (κ1) is 15.5. The van der Waals surface area contributed by atoms with Crippen LogP contribution < -0.4 is 5.56 Å². The second-order valence-corrected chi connectivity index (χ2v) is 7.04. The summed E-state index contributed by atoms with van der Waals surface area (Å²) < 4.78 is 1.44. The van der Waals surface area contributed by atoms with Gasteiger partial charge in [-0.05, 0) is 12.1 Å². The second kappa shape index (κ2) is 5.64. The van der Waals surface area contributed by atoms with Crippen molar-refractivity contribution in [2.75, 3.05) is 13.1 Å². The van der Waals surface area contributed by atoms with Crippen LogP contribution in [0.2, 0.25) is 0 Å². The number of carbonyl (C=O) groups is 1. The molecule has 0 aliphatic carbocycles. The first-order valence-corrected chi connectivity index (χ1v) is 7.72. The third-order valence-corrected chi connectivity index (χ3v) is 4.07. The van der Waals surface area contributed by atoms with Crippen LogP contribution in [0.4, 0.5) is 0 Å². The normalized spacial score (nSPS) is 15.5. The van der Waals surface area contributed by atoms with Crippen LogP contribution in [-0.2, 0) is 12.0 Å². The summed E-state index contributed by atoms with van der Waals surface area (Å²) in [6.45, 7) is 7.99. The number of rotatable bonds is 3. The van der Waals surface area contributed by atoms with Crippen molar-refractivity contribution in [3.63, 3.8) is 0 Å². The summed E-state index contributed by atoms with van der Waals surface area (Å²) in [7, 11) is 0. The summed E-state index contributed by atoms with van der Waals surface area (Å²) in [4.78, 5) is 25.8. The highest BCUT2D eigenvalue weighted by molar-refractivity contribution is 5.93. The van der Waals surface area contributed by atoms with Crippen LogP contribution >= 0.6 is 0 Å². The van der Waals surface area contributed by atoms with E-state index >= 15 is 0 Å². The predicted molar refractivity (Wildman–Crippen MR) is 85.2 cm³/mol. The van der Waals surface area contributed by atoms with E-state index in [9.17, 15) is 9.59 Å². The Morgan fingerprint density at radius 3 is 2.74 bits per heavy atom. The molecule has 3 heterocycles. The number of carbonyl (C=O) groups excluding carboxylic acids is 1. The lowest BCUT2D eigenvalue weighted by Crippen LogP contribution is -2.52. The monoisotopic (exact) mass is 315 g/mol. The Labute approximate surface area is 134 Å². The fraction of sp³-hybridized carbons (Fsp3) is 0.500. The molecule has 0 unspecified atom stereocenters. The second-order valence-electron chi connectivity index (χ2n) is 7.04. The van der Waals surface area contributed by atoms with Crippen molar-refractivity contribution >= 4 is 5.91 Å². The number of amides is 1. The van der Waals surface area contributed by atoms with Crippen molar-refractivity contribution in [1.82, 2.24) is 24.9 Å². The summed E-state index contributed by atoms with van der Waals surface area (Å²) in [5.74, 6) is 0.189. The Morgan fingerprint density at radius 1 is 1.39 bits per heavy atom. The number of H-pyrrole nitrogens is 1. The molecule has 0 spiro atoms. The highest BCUT2D eigenvalue weighted by Crippen LogP contribution is 2.23. The van der Waals surface area contributed by atoms with Gasteiger partial charge in [-0.15, -0.1) is 0 Å². The number of nitrogens with one attached hydrogen (secondary N) is 1. The molecule has 23 heavy (non-hydrogen) atoms. The molecule has 1 amide bonds. The molecule has 122 valence electrons. The summed E-state index contributed by atoms with van der Waals surface area (Å²) in [6, 6.07) is 4.94. The molecule has 0 bridgehead atoms. The number of nitrogens with zero attached hydrogens (tertiary/aromatic N) is 4. The SMILES string of the molecule is CC(C)(C)c1cc(C(=O)N2CC(Cn3ncccc3=O)C2)n[nH]1. The van der Waals surface area contributed by atoms with E-state index in [1.165, 1.54) is 10.7 Å². The number of hydrogen-bond donors (Lipinski definition) is 1. The van der Waals surface area contributed by atoms with E-state index in [4.69, 9.17) is 0 Å². The van der Waals surface area contributed by atoms with Crippen LogP contribution in [0.25, 0.3) is 0 Å². The highest BCUT2D eigenvalue weighted by atomic mass is 16.2. The predicted octanol–water partition coefficient (Wildman–Crippen LogP) is 1.04. The Hall–Kier alpha value is -2.44. The van der Waals surface area contributed by atoms with Crippen LogP contribution in [0.15, 0.2) is 29.2 Å². The lowest BCUT2D eigenvalue weighted by atomic mass is 9.92. The van der Waals surface area contributed by atoms with Crippen molar-refractivity contribution in [3.8, 4) is 0 Å². The Balaban J connectivity index is 1.59. The van der Waals surface area contributed by atoms with Gasteiger partial charge in [-0.25, -0.2) is 4.68 Å². The molecular weight excluding hydrogens is 294 g/mol. The third-order valence-electron chi connectivity index (χ3n) is 4.07. The molecule has 7 heteroatoms. The maximum atomic E-state index is 12.4. The van der Waals surface area contributed by atoms with E-state index in [1.54, 1.807) is 17.2 Å². The zero-order chi connectivity index (χ0) is 16.6. The Bertz CT molecular complexity index is 765. The minimum absolute atomic E-state index is 0.0663. The van der Waals surface area contributed by atoms with Gasteiger partial charge in [0.25, 0.3) is 11.5 Å². The topological polar surface area (TPSA) is 83.9 Å². The first-order valence-electron chi connectivity index (χ1n) is 7.72. The van der Waals surface area contributed by atoms with Crippen LogP contribution in [-0.4, -0.2) is 43.9 Å². The van der Waals surface area contributed by atoms with Crippen LogP contribution in [0.5, 0.6) is 0 Å². The van der Waals surface area contributed by atoms with E-state index < -0.39 is 0 Å². The molecule has 3 rings (SSSR count). The summed E-state index contributed by atoms with van der Waals surface area (Å²) >= 11 is 0. The van der Waals surface area contributed by atoms with Gasteiger partial charge in [0.1, 0.15) is 5.69 Å². The summed E-state index contributed by atoms with van der Waals surface area (Å²) in [6.07, 6.45) is 1.60. The molecule has 7 nitrogen and oxygen atoms in total. The van der Waals surface area contributed by atoms with Crippen molar-refractivity contribution in [1.29, 1.82) is 0 Å². The standard InChI is InChI=1S/C16H21N5O2/c1-16(2,3)13-7-12(18-19-13)15(23)20-8-11(9-20)10-21-14(22)5-4-6-17-21/h4-7,11H,8-10H2,1-3H3,(H,18,19). The van der Waals surface area contributed by atoms with E-state index in [-0.39, 0.29) is 22.8 Å². The van der Waals surface area contributed by atoms with Gasteiger partial charge < -0.3 is 4.90 Å². The van der Waals surface area contributed by atoms with E-state index in [0.29, 0.717) is 25.3 Å². The molecule has 1 saturated heterocycles. The van der Waals surface area contributed by atoms with Gasteiger partial charge in [0.05, 0.1) is 6.54 Å². The molecular formula is C16H21N5O2. The largest absolute Gasteiger partial charge is 0.336 e. The van der Waals surface area contributed by atoms with Gasteiger partial charge in [0, 0.05) is 42.4 Å². The van der Waals surface area contributed by atoms with Crippen molar-refractivity contribution < 1.29 is 4.79 Å². The molecule has 1 aliphatic heterocycles. The number of aromatic amines is 1. The molecule has 1 fully saturated rings. The fourth-order valence-electron chi connectivity index (χ4n) is 2.60. The smallest absolute Gasteiger partial charge is 0.274 e. The van der Waals surface area contributed by atoms with E-state index in [0.717, 1.165) is 5.69 Å². The zero-order valence-corrected chi connectivity index (χ0v) is 13.6. The molecule has 0 atom stereocenters. The number of likely N-dealkylation sites (tertiary alicyclic amines) is 1. The van der Waals surface area contributed by atoms with E-state index in [2.05, 4.69) is 36.1 Å². The van der Waals surface area contributed by atoms with Gasteiger partial charge in [0.2, 0.25) is 0 Å². The third kappa shape index (κ3) is 3.18. The zero-order valence-electron chi connectivity index (χ0n) is 13.6. The number of hydrogen-bond acceptors (Lipinski definition) is 4. The minimum Gasteiger partial charge on any atom is -0.336 e. The fourth-order valence-corrected chi connectivity index (χ4v) is 2.60. The van der Waals surface area contributed by atoms with Crippen molar-refractivity contribution in [2.24, 2.45) is 5.92 Å². The van der Waals surface area contributed by atoms with Gasteiger partial charge in [-0.1, -0.05) is 20.8 Å². The maximum Gasteiger partial charge on any atom is 0.274 e. The van der Waals surface area contributed by atoms with Gasteiger partial charge >= 0.3 is 0 Å². The Morgan fingerprint density at radius 2 is 2.13 bits per heavy atom. The van der Waals surface area contributed by atoms with Gasteiger partial charge in [-0.3, -0.25) is 14.7 Å². The quantitative estimate of drug-likeness (QED) is 0.917. The van der Waals surface area contributed by atoms with Crippen LogP contribution in [0, 0.1) is 5.92 Å². The molecule has 1 aliphatic rings. The highest BCUT2D eigenvalue weighted by Gasteiger charge is 2.33. The number of aromatic nitrogens is 4. The van der Waals surface area contributed by atoms with E-state index in [1.807, 2.05) is 6.07 Å². The maximum absolute atomic E-state index is 12.4. The first-order chi connectivity index (χ1) is 10.8. The lowest BCUT2D eigenvalue weighted by molar-refractivity contribution is 0.0452. The van der Waals surface area contributed by atoms with Crippen molar-refractivity contribution in [2.45, 2.75) is 32.7 Å². The molecule has 2 aromatic rings. The van der Waals surface area contributed by atoms with Gasteiger partial charge in [-0.2, -0.15) is 10.2 Å². The molecule has 0 aromatic carbocycles. The Kier molecular flexibility index (Phi) is 3.79.